The Bertz CT molecular complexity index is 415. The molecule has 2 amide bonds. The van der Waals surface area contributed by atoms with Crippen LogP contribution in [-0.4, -0.2) is 61.4 Å². The number of hydrogen-bond donors (Lipinski definition) is 1. The third-order valence-electron chi connectivity index (χ3n) is 5.35. The number of rotatable bonds is 2. The Morgan fingerprint density at radius 3 is 2.60 bits per heavy atom. The van der Waals surface area contributed by atoms with Crippen LogP contribution in [0.5, 0.6) is 0 Å². The van der Waals surface area contributed by atoms with Crippen LogP contribution in [0.25, 0.3) is 0 Å². The van der Waals surface area contributed by atoms with E-state index >= 15 is 0 Å². The van der Waals surface area contributed by atoms with Crippen molar-refractivity contribution in [2.24, 2.45) is 11.3 Å². The number of carbonyl (C=O) groups excluding carboxylic acids is 2. The maximum Gasteiger partial charge on any atom is 0.244 e. The molecule has 0 aromatic heterocycles. The van der Waals surface area contributed by atoms with E-state index in [-0.39, 0.29) is 29.2 Å². The lowest BCUT2D eigenvalue weighted by atomic mass is 9.91. The maximum atomic E-state index is 12.8. The van der Waals surface area contributed by atoms with Gasteiger partial charge in [-0.2, -0.15) is 0 Å². The number of nitrogens with zero attached hydrogens (tertiary/aromatic N) is 2. The molecule has 3 fully saturated rings. The number of piperidine rings is 1. The number of amides is 2. The van der Waals surface area contributed by atoms with Crippen LogP contribution in [0.2, 0.25) is 0 Å². The van der Waals surface area contributed by atoms with E-state index in [0.29, 0.717) is 0 Å². The van der Waals surface area contributed by atoms with Crippen molar-refractivity contribution in [3.8, 4) is 0 Å². The van der Waals surface area contributed by atoms with Crippen molar-refractivity contribution in [2.45, 2.75) is 38.1 Å². The molecule has 2 saturated heterocycles. The molecule has 1 aliphatic carbocycles. The topological polar surface area (TPSA) is 52.7 Å². The van der Waals surface area contributed by atoms with E-state index in [0.717, 1.165) is 51.7 Å². The van der Waals surface area contributed by atoms with Gasteiger partial charge in [0.1, 0.15) is 6.04 Å². The summed E-state index contributed by atoms with van der Waals surface area (Å²) >= 11 is 0. The summed E-state index contributed by atoms with van der Waals surface area (Å²) in [5.74, 6) is 0.501. The van der Waals surface area contributed by atoms with Crippen LogP contribution >= 0.6 is 0 Å². The maximum absolute atomic E-state index is 12.8. The largest absolute Gasteiger partial charge is 0.347 e. The van der Waals surface area contributed by atoms with Crippen LogP contribution < -0.4 is 5.32 Å². The van der Waals surface area contributed by atoms with Gasteiger partial charge in [0.25, 0.3) is 0 Å². The normalized spacial score (nSPS) is 31.4. The first-order chi connectivity index (χ1) is 9.55. The molecule has 112 valence electrons. The second kappa shape index (κ2) is 5.02. The lowest BCUT2D eigenvalue weighted by Gasteiger charge is -2.29. The zero-order valence-electron chi connectivity index (χ0n) is 12.5. The van der Waals surface area contributed by atoms with Crippen molar-refractivity contribution in [1.29, 1.82) is 0 Å². The number of hydrogen-bond acceptors (Lipinski definition) is 3. The van der Waals surface area contributed by atoms with E-state index in [9.17, 15) is 9.59 Å². The van der Waals surface area contributed by atoms with Crippen LogP contribution in [0.1, 0.15) is 32.1 Å². The first-order valence-corrected chi connectivity index (χ1v) is 7.77. The molecule has 3 rings (SSSR count). The van der Waals surface area contributed by atoms with Gasteiger partial charge in [-0.1, -0.05) is 0 Å². The van der Waals surface area contributed by atoms with E-state index < -0.39 is 0 Å². The van der Waals surface area contributed by atoms with Crippen molar-refractivity contribution in [1.82, 2.24) is 15.1 Å². The van der Waals surface area contributed by atoms with Gasteiger partial charge in [-0.3, -0.25) is 9.59 Å². The summed E-state index contributed by atoms with van der Waals surface area (Å²) in [6.45, 7) is 2.82. The Kier molecular flexibility index (Phi) is 3.48. The molecular formula is C15H25N3O2. The molecular weight excluding hydrogens is 254 g/mol. The summed E-state index contributed by atoms with van der Waals surface area (Å²) in [5, 5.41) is 3.37. The molecule has 5 nitrogen and oxygen atoms in total. The van der Waals surface area contributed by atoms with E-state index in [1.54, 1.807) is 19.0 Å². The van der Waals surface area contributed by atoms with Gasteiger partial charge in [0.15, 0.2) is 0 Å². The molecule has 2 heterocycles. The molecule has 0 bridgehead atoms. The molecule has 1 spiro atoms. The lowest BCUT2D eigenvalue weighted by molar-refractivity contribution is -0.143. The Morgan fingerprint density at radius 2 is 1.95 bits per heavy atom. The van der Waals surface area contributed by atoms with Crippen molar-refractivity contribution in [2.75, 3.05) is 33.7 Å². The van der Waals surface area contributed by atoms with Gasteiger partial charge in [-0.05, 0) is 50.6 Å². The SMILES string of the molecule is CN(C)C(=O)C1CCCN1C(=O)C1CC12CCNCC2. The van der Waals surface area contributed by atoms with Crippen molar-refractivity contribution in [3.05, 3.63) is 0 Å². The first kappa shape index (κ1) is 13.9. The molecule has 1 N–H and O–H groups in total. The highest BCUT2D eigenvalue weighted by Crippen LogP contribution is 2.59. The molecule has 2 aliphatic heterocycles. The minimum absolute atomic E-state index is 0.0795. The molecule has 0 aromatic carbocycles. The number of nitrogens with one attached hydrogen (secondary N) is 1. The average Bonchev–Trinajstić information content (AvgIpc) is 2.91. The standard InChI is InChI=1S/C15H25N3O2/c1-17(2)14(20)12-4-3-9-18(12)13(19)11-10-15(11)5-7-16-8-6-15/h11-12,16H,3-10H2,1-2H3. The third kappa shape index (κ3) is 2.22. The predicted octanol–water partition coefficient (Wildman–Crippen LogP) is 0.455. The fourth-order valence-corrected chi connectivity index (χ4v) is 3.96. The summed E-state index contributed by atoms with van der Waals surface area (Å²) in [6, 6.07) is -0.211. The van der Waals surface area contributed by atoms with Crippen LogP contribution in [0.3, 0.4) is 0 Å². The first-order valence-electron chi connectivity index (χ1n) is 7.77. The van der Waals surface area contributed by atoms with Crippen LogP contribution in [0.15, 0.2) is 0 Å². The Morgan fingerprint density at radius 1 is 1.25 bits per heavy atom. The monoisotopic (exact) mass is 279 g/mol. The molecule has 5 heteroatoms. The number of likely N-dealkylation sites (tertiary alicyclic amines) is 1. The van der Waals surface area contributed by atoms with E-state index in [4.69, 9.17) is 0 Å². The minimum Gasteiger partial charge on any atom is -0.347 e. The molecule has 0 radical (unpaired) electrons. The highest BCUT2D eigenvalue weighted by Gasteiger charge is 2.59. The lowest BCUT2D eigenvalue weighted by Crippen LogP contribution is -2.46. The highest BCUT2D eigenvalue weighted by atomic mass is 16.2. The molecule has 3 aliphatic rings. The molecule has 2 unspecified atom stereocenters. The zero-order valence-corrected chi connectivity index (χ0v) is 12.5. The quantitative estimate of drug-likeness (QED) is 0.799. The van der Waals surface area contributed by atoms with Gasteiger partial charge >= 0.3 is 0 Å². The van der Waals surface area contributed by atoms with E-state index in [2.05, 4.69) is 5.32 Å². The Hall–Kier alpha value is -1.10. The van der Waals surface area contributed by atoms with Crippen molar-refractivity contribution >= 4 is 11.8 Å². The highest BCUT2D eigenvalue weighted by molar-refractivity contribution is 5.90. The van der Waals surface area contributed by atoms with Gasteiger partial charge in [0.05, 0.1) is 0 Å². The zero-order chi connectivity index (χ0) is 14.3. The van der Waals surface area contributed by atoms with Gasteiger partial charge in [-0.25, -0.2) is 0 Å². The summed E-state index contributed by atoms with van der Waals surface area (Å²) in [4.78, 5) is 28.4. The van der Waals surface area contributed by atoms with Crippen LogP contribution in [0, 0.1) is 11.3 Å². The van der Waals surface area contributed by atoms with Crippen LogP contribution in [-0.2, 0) is 9.59 Å². The Balaban J connectivity index is 1.67. The van der Waals surface area contributed by atoms with Gasteiger partial charge in [-0.15, -0.1) is 0 Å². The predicted molar refractivity (Wildman–Crippen MR) is 76.1 cm³/mol. The fraction of sp³-hybridized carbons (Fsp3) is 0.867. The molecule has 0 aromatic rings. The van der Waals surface area contributed by atoms with E-state index in [1.165, 1.54) is 0 Å². The average molecular weight is 279 g/mol. The molecule has 2 atom stereocenters. The van der Waals surface area contributed by atoms with Crippen molar-refractivity contribution < 1.29 is 9.59 Å². The van der Waals surface area contributed by atoms with Gasteiger partial charge in [0, 0.05) is 26.6 Å². The fourth-order valence-electron chi connectivity index (χ4n) is 3.96. The van der Waals surface area contributed by atoms with Gasteiger partial charge in [0.2, 0.25) is 11.8 Å². The Labute approximate surface area is 120 Å². The summed E-state index contributed by atoms with van der Waals surface area (Å²) in [5.41, 5.74) is 0.261. The van der Waals surface area contributed by atoms with E-state index in [1.807, 2.05) is 4.90 Å². The number of carbonyl (C=O) groups is 2. The summed E-state index contributed by atoms with van der Waals surface area (Å²) in [7, 11) is 3.55. The smallest absolute Gasteiger partial charge is 0.244 e. The summed E-state index contributed by atoms with van der Waals surface area (Å²) in [6.07, 6.45) is 5.04. The number of likely N-dealkylation sites (N-methyl/N-ethyl adjacent to an activating group) is 1. The third-order valence-corrected chi connectivity index (χ3v) is 5.35. The second-order valence-corrected chi connectivity index (χ2v) is 6.79. The van der Waals surface area contributed by atoms with Gasteiger partial charge < -0.3 is 15.1 Å². The summed E-state index contributed by atoms with van der Waals surface area (Å²) < 4.78 is 0. The molecule has 1 saturated carbocycles. The second-order valence-electron chi connectivity index (χ2n) is 6.79. The van der Waals surface area contributed by atoms with Crippen LogP contribution in [0.4, 0.5) is 0 Å². The van der Waals surface area contributed by atoms with Crippen molar-refractivity contribution in [3.63, 3.8) is 0 Å². The minimum atomic E-state index is -0.211. The molecule has 20 heavy (non-hydrogen) atoms.